The van der Waals surface area contributed by atoms with Gasteiger partial charge in [-0.15, -0.1) is 11.8 Å². The van der Waals surface area contributed by atoms with Crippen molar-refractivity contribution in [3.05, 3.63) is 29.8 Å². The van der Waals surface area contributed by atoms with Crippen LogP contribution in [0.1, 0.15) is 24.2 Å². The molecule has 0 amide bonds. The quantitative estimate of drug-likeness (QED) is 0.630. The predicted molar refractivity (Wildman–Crippen MR) is 59.4 cm³/mol. The summed E-state index contributed by atoms with van der Waals surface area (Å²) in [7, 11) is 0. The number of benzene rings is 1. The normalized spacial score (nSPS) is 11.1. The van der Waals surface area contributed by atoms with E-state index in [0.29, 0.717) is 5.56 Å². The van der Waals surface area contributed by atoms with E-state index >= 15 is 0 Å². The molecule has 0 saturated carbocycles. The third kappa shape index (κ3) is 3.09. The highest BCUT2D eigenvalue weighted by atomic mass is 32.2. The van der Waals surface area contributed by atoms with Crippen molar-refractivity contribution >= 4 is 24.0 Å². The topological polar surface area (TPSA) is 54.4 Å². The highest BCUT2D eigenvalue weighted by Crippen LogP contribution is 2.32. The van der Waals surface area contributed by atoms with Gasteiger partial charge in [0, 0.05) is 10.5 Å². The summed E-state index contributed by atoms with van der Waals surface area (Å²) in [5.41, 5.74) is 0.557. The van der Waals surface area contributed by atoms with Crippen LogP contribution in [-0.2, 0) is 4.79 Å². The Morgan fingerprint density at radius 1 is 1.47 bits per heavy atom. The van der Waals surface area contributed by atoms with Crippen LogP contribution in [0.3, 0.4) is 0 Å². The van der Waals surface area contributed by atoms with E-state index in [0.717, 1.165) is 11.2 Å². The number of aldehydes is 1. The zero-order valence-electron chi connectivity index (χ0n) is 8.56. The molecule has 0 saturated heterocycles. The fraction of sp³-hybridized carbons (Fsp3) is 0.273. The number of carbonyl (C=O) groups excluding carboxylic acids is 1. The van der Waals surface area contributed by atoms with Gasteiger partial charge in [0.2, 0.25) is 0 Å². The predicted octanol–water partition coefficient (Wildman–Crippen LogP) is 2.45. The first-order valence-electron chi connectivity index (χ1n) is 4.43. The number of carboxylic acids is 1. The van der Waals surface area contributed by atoms with Gasteiger partial charge in [-0.05, 0) is 26.0 Å². The van der Waals surface area contributed by atoms with E-state index in [1.54, 1.807) is 38.1 Å². The van der Waals surface area contributed by atoms with Gasteiger partial charge in [-0.2, -0.15) is 0 Å². The van der Waals surface area contributed by atoms with E-state index in [9.17, 15) is 9.59 Å². The average Bonchev–Trinajstić information content (AvgIpc) is 2.17. The van der Waals surface area contributed by atoms with E-state index < -0.39 is 10.7 Å². The standard InChI is InChI=1S/C11H12O3S/c1-11(2,10(13)14)15-9-5-3-4-8(6-9)7-12/h3-7H,1-2H3,(H,13,14). The highest BCUT2D eigenvalue weighted by Gasteiger charge is 2.28. The molecule has 0 aromatic heterocycles. The van der Waals surface area contributed by atoms with Crippen LogP contribution in [0.15, 0.2) is 29.2 Å². The van der Waals surface area contributed by atoms with E-state index in [1.807, 2.05) is 0 Å². The van der Waals surface area contributed by atoms with E-state index in [4.69, 9.17) is 5.11 Å². The molecular weight excluding hydrogens is 212 g/mol. The van der Waals surface area contributed by atoms with Gasteiger partial charge < -0.3 is 5.11 Å². The summed E-state index contributed by atoms with van der Waals surface area (Å²) in [6.07, 6.45) is 0.748. The molecule has 0 fully saturated rings. The lowest BCUT2D eigenvalue weighted by molar-refractivity contribution is -0.138. The van der Waals surface area contributed by atoms with Gasteiger partial charge in [-0.1, -0.05) is 12.1 Å². The Morgan fingerprint density at radius 2 is 2.13 bits per heavy atom. The van der Waals surface area contributed by atoms with Crippen LogP contribution < -0.4 is 0 Å². The second kappa shape index (κ2) is 4.49. The Hall–Kier alpha value is -1.29. The second-order valence-corrected chi connectivity index (χ2v) is 5.30. The third-order valence-electron chi connectivity index (χ3n) is 1.88. The summed E-state index contributed by atoms with van der Waals surface area (Å²) in [5.74, 6) is -0.871. The van der Waals surface area contributed by atoms with E-state index in [1.165, 1.54) is 11.8 Å². The maximum Gasteiger partial charge on any atom is 0.319 e. The van der Waals surface area contributed by atoms with Crippen LogP contribution in [0.2, 0.25) is 0 Å². The Balaban J connectivity index is 2.89. The molecule has 0 aliphatic heterocycles. The highest BCUT2D eigenvalue weighted by molar-refractivity contribution is 8.01. The monoisotopic (exact) mass is 224 g/mol. The minimum Gasteiger partial charge on any atom is -0.480 e. The number of hydrogen-bond donors (Lipinski definition) is 1. The SMILES string of the molecule is CC(C)(Sc1cccc(C=O)c1)C(=O)O. The summed E-state index contributed by atoms with van der Waals surface area (Å²) < 4.78 is -0.887. The molecule has 3 nitrogen and oxygen atoms in total. The van der Waals surface area contributed by atoms with Gasteiger partial charge in [0.05, 0.1) is 0 Å². The van der Waals surface area contributed by atoms with Gasteiger partial charge in [0.1, 0.15) is 11.0 Å². The molecular formula is C11H12O3S. The minimum atomic E-state index is -0.887. The molecule has 0 spiro atoms. The molecule has 0 atom stereocenters. The van der Waals surface area contributed by atoms with Crippen molar-refractivity contribution in [2.45, 2.75) is 23.5 Å². The molecule has 0 bridgehead atoms. The maximum atomic E-state index is 10.9. The van der Waals surface area contributed by atoms with Crippen molar-refractivity contribution in [2.24, 2.45) is 0 Å². The zero-order valence-corrected chi connectivity index (χ0v) is 9.38. The van der Waals surface area contributed by atoms with Crippen LogP contribution in [0.4, 0.5) is 0 Å². The molecule has 1 aromatic rings. The summed E-state index contributed by atoms with van der Waals surface area (Å²) in [6.45, 7) is 3.27. The smallest absolute Gasteiger partial charge is 0.319 e. The molecule has 0 radical (unpaired) electrons. The fourth-order valence-electron chi connectivity index (χ4n) is 0.990. The Morgan fingerprint density at radius 3 is 2.67 bits per heavy atom. The van der Waals surface area contributed by atoms with E-state index in [2.05, 4.69) is 0 Å². The van der Waals surface area contributed by atoms with Crippen molar-refractivity contribution < 1.29 is 14.7 Å². The molecule has 1 rings (SSSR count). The second-order valence-electron chi connectivity index (χ2n) is 3.61. The first kappa shape index (κ1) is 11.8. The van der Waals surface area contributed by atoms with Gasteiger partial charge in [-0.25, -0.2) is 0 Å². The number of rotatable bonds is 4. The summed E-state index contributed by atoms with van der Waals surface area (Å²) in [6, 6.07) is 6.90. The molecule has 0 unspecified atom stereocenters. The van der Waals surface area contributed by atoms with Gasteiger partial charge in [0.25, 0.3) is 0 Å². The maximum absolute atomic E-state index is 10.9. The van der Waals surface area contributed by atoms with Gasteiger partial charge in [0.15, 0.2) is 0 Å². The number of thioether (sulfide) groups is 1. The fourth-order valence-corrected chi connectivity index (χ4v) is 2.01. The van der Waals surface area contributed by atoms with Crippen LogP contribution in [0.25, 0.3) is 0 Å². The lowest BCUT2D eigenvalue weighted by atomic mass is 10.2. The summed E-state index contributed by atoms with van der Waals surface area (Å²) >= 11 is 1.23. The van der Waals surface area contributed by atoms with Gasteiger partial charge in [-0.3, -0.25) is 9.59 Å². The Bertz CT molecular complexity index is 385. The van der Waals surface area contributed by atoms with Crippen LogP contribution in [0.5, 0.6) is 0 Å². The molecule has 1 aromatic carbocycles. The lowest BCUT2D eigenvalue weighted by Gasteiger charge is -2.18. The lowest BCUT2D eigenvalue weighted by Crippen LogP contribution is -2.26. The zero-order chi connectivity index (χ0) is 11.5. The molecule has 0 heterocycles. The van der Waals surface area contributed by atoms with Crippen molar-refractivity contribution in [2.75, 3.05) is 0 Å². The number of hydrogen-bond acceptors (Lipinski definition) is 3. The Kier molecular flexibility index (Phi) is 3.52. The molecule has 1 N–H and O–H groups in total. The van der Waals surface area contributed by atoms with E-state index in [-0.39, 0.29) is 0 Å². The number of aliphatic carboxylic acids is 1. The summed E-state index contributed by atoms with van der Waals surface area (Å²) in [4.78, 5) is 22.2. The van der Waals surface area contributed by atoms with Crippen molar-refractivity contribution in [3.63, 3.8) is 0 Å². The third-order valence-corrected chi connectivity index (χ3v) is 3.06. The number of carboxylic acid groups (broad SMARTS) is 1. The number of carbonyl (C=O) groups is 2. The van der Waals surface area contributed by atoms with Crippen LogP contribution in [-0.4, -0.2) is 22.1 Å². The van der Waals surface area contributed by atoms with Crippen molar-refractivity contribution in [1.29, 1.82) is 0 Å². The molecule has 4 heteroatoms. The average molecular weight is 224 g/mol. The van der Waals surface area contributed by atoms with Crippen LogP contribution in [0, 0.1) is 0 Å². The Labute approximate surface area is 92.5 Å². The van der Waals surface area contributed by atoms with Crippen molar-refractivity contribution in [1.82, 2.24) is 0 Å². The minimum absolute atomic E-state index is 0.557. The molecule has 80 valence electrons. The first-order valence-corrected chi connectivity index (χ1v) is 5.25. The summed E-state index contributed by atoms with van der Waals surface area (Å²) in [5, 5.41) is 8.94. The molecule has 0 aliphatic carbocycles. The van der Waals surface area contributed by atoms with Gasteiger partial charge >= 0.3 is 5.97 Å². The molecule has 0 aliphatic rings. The largest absolute Gasteiger partial charge is 0.480 e. The van der Waals surface area contributed by atoms with Crippen molar-refractivity contribution in [3.8, 4) is 0 Å². The van der Waals surface area contributed by atoms with Crippen LogP contribution >= 0.6 is 11.8 Å². The molecule has 15 heavy (non-hydrogen) atoms. The first-order chi connectivity index (χ1) is 6.95.